The zero-order valence-corrected chi connectivity index (χ0v) is 13.5. The number of rotatable bonds is 4. The Labute approximate surface area is 131 Å². The summed E-state index contributed by atoms with van der Waals surface area (Å²) in [6, 6.07) is 11.4. The van der Waals surface area contributed by atoms with E-state index in [2.05, 4.69) is 17.6 Å². The predicted octanol–water partition coefficient (Wildman–Crippen LogP) is 4.08. The molecule has 0 spiro atoms. The van der Waals surface area contributed by atoms with Crippen LogP contribution < -0.4 is 15.4 Å². The molecule has 0 aliphatic carbocycles. The molecule has 2 aromatic rings. The number of urea groups is 1. The van der Waals surface area contributed by atoms with Crippen LogP contribution in [0.5, 0.6) is 5.75 Å². The Balaban J connectivity index is 1.85. The van der Waals surface area contributed by atoms with Crippen molar-refractivity contribution in [2.24, 2.45) is 0 Å². The van der Waals surface area contributed by atoms with E-state index in [1.54, 1.807) is 0 Å². The zero-order chi connectivity index (χ0) is 16.1. The van der Waals surface area contributed by atoms with Gasteiger partial charge in [0.05, 0.1) is 0 Å². The van der Waals surface area contributed by atoms with E-state index in [9.17, 15) is 4.79 Å². The third-order valence-corrected chi connectivity index (χ3v) is 3.80. The van der Waals surface area contributed by atoms with Crippen molar-refractivity contribution in [2.45, 2.75) is 27.7 Å². The molecule has 0 bridgehead atoms. The highest BCUT2D eigenvalue weighted by molar-refractivity contribution is 5.90. The minimum atomic E-state index is -0.280. The maximum absolute atomic E-state index is 11.9. The minimum Gasteiger partial charge on any atom is -0.473 e. The van der Waals surface area contributed by atoms with Gasteiger partial charge in [0.25, 0.3) is 0 Å². The largest absolute Gasteiger partial charge is 0.473 e. The second kappa shape index (κ2) is 6.98. The molecular formula is C18H22N2O2. The molecule has 2 N–H and O–H groups in total. The quantitative estimate of drug-likeness (QED) is 0.836. The standard InChI is InChI=1S/C18H22N2O2/c1-12-8-9-16(10-14(12)3)22-11-19-18(21)20-17-7-5-6-13(2)15(17)4/h5-10H,11H2,1-4H3,(H2,19,20,21). The average Bonchev–Trinajstić information content (AvgIpc) is 2.48. The second-order valence-electron chi connectivity index (χ2n) is 5.41. The predicted molar refractivity (Wildman–Crippen MR) is 89.5 cm³/mol. The zero-order valence-electron chi connectivity index (χ0n) is 13.5. The van der Waals surface area contributed by atoms with E-state index in [0.717, 1.165) is 28.1 Å². The third kappa shape index (κ3) is 4.01. The van der Waals surface area contributed by atoms with Crippen LogP contribution in [0.15, 0.2) is 36.4 Å². The van der Waals surface area contributed by atoms with Crippen molar-refractivity contribution in [1.29, 1.82) is 0 Å². The first-order chi connectivity index (χ1) is 10.5. The normalized spacial score (nSPS) is 10.2. The first-order valence-electron chi connectivity index (χ1n) is 7.28. The highest BCUT2D eigenvalue weighted by atomic mass is 16.5. The fraction of sp³-hybridized carbons (Fsp3) is 0.278. The number of anilines is 1. The van der Waals surface area contributed by atoms with E-state index in [0.29, 0.717) is 0 Å². The second-order valence-corrected chi connectivity index (χ2v) is 5.41. The lowest BCUT2D eigenvalue weighted by molar-refractivity contribution is 0.234. The number of hydrogen-bond acceptors (Lipinski definition) is 2. The number of aryl methyl sites for hydroxylation is 3. The number of carbonyl (C=O) groups is 1. The van der Waals surface area contributed by atoms with Crippen LogP contribution in [0.4, 0.5) is 10.5 Å². The fourth-order valence-corrected chi connectivity index (χ4v) is 2.04. The summed E-state index contributed by atoms with van der Waals surface area (Å²) >= 11 is 0. The van der Waals surface area contributed by atoms with E-state index in [1.165, 1.54) is 5.56 Å². The molecular weight excluding hydrogens is 276 g/mol. The summed E-state index contributed by atoms with van der Waals surface area (Å²) in [5.41, 5.74) is 5.39. The summed E-state index contributed by atoms with van der Waals surface area (Å²) in [7, 11) is 0. The molecule has 0 saturated heterocycles. The summed E-state index contributed by atoms with van der Waals surface area (Å²) in [6.07, 6.45) is 0. The Hall–Kier alpha value is -2.49. The van der Waals surface area contributed by atoms with E-state index in [4.69, 9.17) is 4.74 Å². The molecule has 4 heteroatoms. The molecule has 0 saturated carbocycles. The lowest BCUT2D eigenvalue weighted by Crippen LogP contribution is -2.32. The molecule has 0 aromatic heterocycles. The number of ether oxygens (including phenoxy) is 1. The van der Waals surface area contributed by atoms with Gasteiger partial charge >= 0.3 is 6.03 Å². The monoisotopic (exact) mass is 298 g/mol. The molecule has 4 nitrogen and oxygen atoms in total. The molecule has 0 atom stereocenters. The minimum absolute atomic E-state index is 0.124. The summed E-state index contributed by atoms with van der Waals surface area (Å²) in [5.74, 6) is 0.745. The van der Waals surface area contributed by atoms with Crippen LogP contribution in [0, 0.1) is 27.7 Å². The van der Waals surface area contributed by atoms with Crippen LogP contribution in [-0.4, -0.2) is 12.8 Å². The first-order valence-corrected chi connectivity index (χ1v) is 7.28. The van der Waals surface area contributed by atoms with Gasteiger partial charge in [-0.05, 0) is 68.1 Å². The van der Waals surface area contributed by atoms with Crippen molar-refractivity contribution < 1.29 is 9.53 Å². The smallest absolute Gasteiger partial charge is 0.321 e. The van der Waals surface area contributed by atoms with Crippen LogP contribution in [0.1, 0.15) is 22.3 Å². The Morgan fingerprint density at radius 3 is 2.50 bits per heavy atom. The molecule has 22 heavy (non-hydrogen) atoms. The van der Waals surface area contributed by atoms with Gasteiger partial charge in [-0.15, -0.1) is 0 Å². The van der Waals surface area contributed by atoms with Crippen LogP contribution in [0.3, 0.4) is 0 Å². The van der Waals surface area contributed by atoms with E-state index >= 15 is 0 Å². The first kappa shape index (κ1) is 15.9. The van der Waals surface area contributed by atoms with Gasteiger partial charge in [0.2, 0.25) is 0 Å². The Kier molecular flexibility index (Phi) is 5.04. The SMILES string of the molecule is Cc1ccc(OCNC(=O)Nc2cccc(C)c2C)cc1C. The molecule has 116 valence electrons. The molecule has 0 fully saturated rings. The molecule has 2 amide bonds. The van der Waals surface area contributed by atoms with Crippen molar-refractivity contribution in [1.82, 2.24) is 5.32 Å². The third-order valence-electron chi connectivity index (χ3n) is 3.80. The summed E-state index contributed by atoms with van der Waals surface area (Å²) < 4.78 is 5.53. The van der Waals surface area contributed by atoms with E-state index in [1.807, 2.05) is 57.2 Å². The maximum Gasteiger partial charge on any atom is 0.321 e. The number of amides is 2. The van der Waals surface area contributed by atoms with Crippen molar-refractivity contribution in [3.05, 3.63) is 58.7 Å². The van der Waals surface area contributed by atoms with Crippen LogP contribution >= 0.6 is 0 Å². The topological polar surface area (TPSA) is 50.4 Å². The van der Waals surface area contributed by atoms with Gasteiger partial charge in [0.1, 0.15) is 5.75 Å². The van der Waals surface area contributed by atoms with Crippen LogP contribution in [0.2, 0.25) is 0 Å². The van der Waals surface area contributed by atoms with E-state index in [-0.39, 0.29) is 12.8 Å². The maximum atomic E-state index is 11.9. The number of benzene rings is 2. The van der Waals surface area contributed by atoms with Gasteiger partial charge in [-0.1, -0.05) is 18.2 Å². The van der Waals surface area contributed by atoms with Crippen LogP contribution in [-0.2, 0) is 0 Å². The van der Waals surface area contributed by atoms with Crippen LogP contribution in [0.25, 0.3) is 0 Å². The van der Waals surface area contributed by atoms with E-state index < -0.39 is 0 Å². The van der Waals surface area contributed by atoms with Crippen molar-refractivity contribution >= 4 is 11.7 Å². The van der Waals surface area contributed by atoms with Gasteiger partial charge in [0, 0.05) is 5.69 Å². The molecule has 2 rings (SSSR count). The van der Waals surface area contributed by atoms with Crippen molar-refractivity contribution in [3.63, 3.8) is 0 Å². The van der Waals surface area contributed by atoms with Gasteiger partial charge in [-0.25, -0.2) is 4.79 Å². The lowest BCUT2D eigenvalue weighted by Gasteiger charge is -2.12. The Bertz CT molecular complexity index is 681. The molecule has 0 radical (unpaired) electrons. The fourth-order valence-electron chi connectivity index (χ4n) is 2.04. The summed E-state index contributed by atoms with van der Waals surface area (Å²) in [6.45, 7) is 8.20. The molecule has 0 heterocycles. The number of nitrogens with one attached hydrogen (secondary N) is 2. The number of carbonyl (C=O) groups excluding carboxylic acids is 1. The Morgan fingerprint density at radius 1 is 1.00 bits per heavy atom. The Morgan fingerprint density at radius 2 is 1.77 bits per heavy atom. The molecule has 0 aliphatic rings. The van der Waals surface area contributed by atoms with Crippen molar-refractivity contribution in [2.75, 3.05) is 12.0 Å². The average molecular weight is 298 g/mol. The van der Waals surface area contributed by atoms with Gasteiger partial charge in [0.15, 0.2) is 6.73 Å². The lowest BCUT2D eigenvalue weighted by atomic mass is 10.1. The summed E-state index contributed by atoms with van der Waals surface area (Å²) in [5, 5.41) is 5.52. The molecule has 2 aromatic carbocycles. The molecule has 0 aliphatic heterocycles. The van der Waals surface area contributed by atoms with Gasteiger partial charge in [-0.3, -0.25) is 0 Å². The van der Waals surface area contributed by atoms with Gasteiger partial charge < -0.3 is 15.4 Å². The highest BCUT2D eigenvalue weighted by Crippen LogP contribution is 2.18. The number of hydrogen-bond donors (Lipinski definition) is 2. The summed E-state index contributed by atoms with van der Waals surface area (Å²) in [4.78, 5) is 11.9. The molecule has 0 unspecified atom stereocenters. The van der Waals surface area contributed by atoms with Crippen molar-refractivity contribution in [3.8, 4) is 5.75 Å². The highest BCUT2D eigenvalue weighted by Gasteiger charge is 2.05. The van der Waals surface area contributed by atoms with Gasteiger partial charge in [-0.2, -0.15) is 0 Å².